The number of benzene rings is 2. The number of halogens is 4. The summed E-state index contributed by atoms with van der Waals surface area (Å²) in [5, 5.41) is 1.73. The second-order valence-corrected chi connectivity index (χ2v) is 13.7. The van der Waals surface area contributed by atoms with Crippen molar-refractivity contribution in [3.63, 3.8) is 0 Å². The summed E-state index contributed by atoms with van der Waals surface area (Å²) in [5.41, 5.74) is 2.03. The van der Waals surface area contributed by atoms with E-state index in [1.165, 1.54) is 16.6 Å². The van der Waals surface area contributed by atoms with Gasteiger partial charge in [0.05, 0.1) is 33.2 Å². The third kappa shape index (κ3) is 5.89. The zero-order valence-corrected chi connectivity index (χ0v) is 24.0. The molecule has 0 spiro atoms. The largest absolute Gasteiger partial charge is 0.291 e. The number of thioether (sulfide) groups is 1. The standard InChI is InChI=1S/C25H27Cl3FN3O2S2/c1-25(2,17-4-6-19(26)20(27)12-17)23-14-30-24(32(23)18-5-7-22(29)21(28)13-18)35-15-16-8-10-31(11-9-16)36(3,33)34/h4-7,12-14,16H,8-11,15H2,1-3H3. The molecule has 5 nitrogen and oxygen atoms in total. The lowest BCUT2D eigenvalue weighted by atomic mass is 9.81. The minimum Gasteiger partial charge on any atom is -0.291 e. The van der Waals surface area contributed by atoms with E-state index in [2.05, 4.69) is 13.8 Å². The van der Waals surface area contributed by atoms with Crippen molar-refractivity contribution in [1.82, 2.24) is 13.9 Å². The fourth-order valence-corrected chi connectivity index (χ4v) is 6.91. The Hall–Kier alpha value is -1.29. The molecule has 2 aromatic carbocycles. The van der Waals surface area contributed by atoms with Crippen LogP contribution >= 0.6 is 46.6 Å². The molecule has 0 bridgehead atoms. The molecule has 0 radical (unpaired) electrons. The Morgan fingerprint density at radius 1 is 1.06 bits per heavy atom. The van der Waals surface area contributed by atoms with Crippen LogP contribution in [0.1, 0.15) is 37.9 Å². The molecule has 0 amide bonds. The van der Waals surface area contributed by atoms with Gasteiger partial charge in [-0.2, -0.15) is 0 Å². The summed E-state index contributed by atoms with van der Waals surface area (Å²) in [6.45, 7) is 5.20. The van der Waals surface area contributed by atoms with Crippen LogP contribution < -0.4 is 0 Å². The highest BCUT2D eigenvalue weighted by molar-refractivity contribution is 7.99. The van der Waals surface area contributed by atoms with E-state index in [9.17, 15) is 12.8 Å². The fraction of sp³-hybridized carbons (Fsp3) is 0.400. The quantitative estimate of drug-likeness (QED) is 0.277. The fourth-order valence-electron chi connectivity index (χ4n) is 4.38. The summed E-state index contributed by atoms with van der Waals surface area (Å²) in [6.07, 6.45) is 4.67. The third-order valence-corrected chi connectivity index (χ3v) is 10.2. The Morgan fingerprint density at radius 3 is 2.36 bits per heavy atom. The first-order chi connectivity index (χ1) is 16.9. The molecular weight excluding hydrogens is 564 g/mol. The van der Waals surface area contributed by atoms with Crippen molar-refractivity contribution in [3.05, 3.63) is 74.7 Å². The van der Waals surface area contributed by atoms with Crippen molar-refractivity contribution in [2.45, 2.75) is 37.3 Å². The minimum absolute atomic E-state index is 0.0311. The molecule has 194 valence electrons. The lowest BCUT2D eigenvalue weighted by Gasteiger charge is -2.30. The maximum Gasteiger partial charge on any atom is 0.211 e. The first-order valence-electron chi connectivity index (χ1n) is 11.4. The molecule has 1 saturated heterocycles. The van der Waals surface area contributed by atoms with Crippen LogP contribution in [-0.4, -0.2) is 47.4 Å². The molecule has 1 fully saturated rings. The van der Waals surface area contributed by atoms with Gasteiger partial charge in [0, 0.05) is 29.9 Å². The Morgan fingerprint density at radius 2 is 1.75 bits per heavy atom. The van der Waals surface area contributed by atoms with Gasteiger partial charge >= 0.3 is 0 Å². The zero-order valence-electron chi connectivity index (χ0n) is 20.1. The van der Waals surface area contributed by atoms with Crippen LogP contribution in [0.4, 0.5) is 4.39 Å². The molecule has 0 atom stereocenters. The average Bonchev–Trinajstić information content (AvgIpc) is 3.26. The maximum absolute atomic E-state index is 14.0. The van der Waals surface area contributed by atoms with E-state index in [0.717, 1.165) is 35.0 Å². The van der Waals surface area contributed by atoms with E-state index >= 15 is 0 Å². The van der Waals surface area contributed by atoms with Gasteiger partial charge in [-0.3, -0.25) is 4.57 Å². The summed E-state index contributed by atoms with van der Waals surface area (Å²) >= 11 is 20.2. The summed E-state index contributed by atoms with van der Waals surface area (Å²) in [7, 11) is -3.16. The summed E-state index contributed by atoms with van der Waals surface area (Å²) in [6, 6.07) is 10.2. The van der Waals surface area contributed by atoms with Gasteiger partial charge in [-0.05, 0) is 54.7 Å². The van der Waals surface area contributed by atoms with Crippen LogP contribution in [-0.2, 0) is 15.4 Å². The summed E-state index contributed by atoms with van der Waals surface area (Å²) < 4.78 is 41.2. The smallest absolute Gasteiger partial charge is 0.211 e. The lowest BCUT2D eigenvalue weighted by Crippen LogP contribution is -2.38. The monoisotopic (exact) mass is 589 g/mol. The predicted octanol–water partition coefficient (Wildman–Crippen LogP) is 7.06. The molecule has 0 saturated carbocycles. The maximum atomic E-state index is 14.0. The first-order valence-corrected chi connectivity index (χ1v) is 15.4. The number of hydrogen-bond donors (Lipinski definition) is 0. The van der Waals surface area contributed by atoms with Crippen molar-refractivity contribution in [3.8, 4) is 5.69 Å². The van der Waals surface area contributed by atoms with Crippen molar-refractivity contribution in [1.29, 1.82) is 0 Å². The number of aromatic nitrogens is 2. The molecule has 4 rings (SSSR count). The lowest BCUT2D eigenvalue weighted by molar-refractivity contribution is 0.292. The van der Waals surface area contributed by atoms with Gasteiger partial charge < -0.3 is 0 Å². The Labute approximate surface area is 231 Å². The van der Waals surface area contributed by atoms with E-state index < -0.39 is 21.3 Å². The van der Waals surface area contributed by atoms with Crippen LogP contribution in [0.5, 0.6) is 0 Å². The van der Waals surface area contributed by atoms with Crippen molar-refractivity contribution >= 4 is 56.6 Å². The van der Waals surface area contributed by atoms with Gasteiger partial charge in [-0.15, -0.1) is 0 Å². The predicted molar refractivity (Wildman–Crippen MR) is 147 cm³/mol. The number of sulfonamides is 1. The highest BCUT2D eigenvalue weighted by atomic mass is 35.5. The molecule has 11 heteroatoms. The Bertz CT molecular complexity index is 1370. The molecule has 3 aromatic rings. The Kier molecular flexibility index (Phi) is 8.34. The molecule has 1 aliphatic heterocycles. The number of rotatable bonds is 7. The van der Waals surface area contributed by atoms with E-state index in [0.29, 0.717) is 34.7 Å². The van der Waals surface area contributed by atoms with Gasteiger partial charge in [0.25, 0.3) is 0 Å². The Balaban J connectivity index is 1.66. The topological polar surface area (TPSA) is 55.2 Å². The van der Waals surface area contributed by atoms with Gasteiger partial charge in [0.1, 0.15) is 5.82 Å². The normalized spacial score (nSPS) is 16.0. The molecule has 1 aromatic heterocycles. The molecular formula is C25H27Cl3FN3O2S2. The second-order valence-electron chi connectivity index (χ2n) is 9.53. The molecule has 0 N–H and O–H groups in total. The summed E-state index contributed by atoms with van der Waals surface area (Å²) in [4.78, 5) is 4.74. The molecule has 1 aliphatic rings. The number of hydrogen-bond acceptors (Lipinski definition) is 4. The van der Waals surface area contributed by atoms with E-state index in [-0.39, 0.29) is 5.02 Å². The van der Waals surface area contributed by atoms with Crippen LogP contribution in [0.3, 0.4) is 0 Å². The number of piperidine rings is 1. The van der Waals surface area contributed by atoms with E-state index in [1.54, 1.807) is 30.0 Å². The first kappa shape index (κ1) is 27.7. The highest BCUT2D eigenvalue weighted by Gasteiger charge is 2.31. The molecule has 0 unspecified atom stereocenters. The van der Waals surface area contributed by atoms with Gasteiger partial charge in [-0.1, -0.05) is 66.5 Å². The van der Waals surface area contributed by atoms with E-state index in [1.807, 2.05) is 22.9 Å². The van der Waals surface area contributed by atoms with E-state index in [4.69, 9.17) is 39.8 Å². The third-order valence-electron chi connectivity index (χ3n) is 6.66. The van der Waals surface area contributed by atoms with Crippen LogP contribution in [0.2, 0.25) is 15.1 Å². The summed E-state index contributed by atoms with van der Waals surface area (Å²) in [5.74, 6) is 0.662. The van der Waals surface area contributed by atoms with Gasteiger partial charge in [-0.25, -0.2) is 22.1 Å². The highest BCUT2D eigenvalue weighted by Crippen LogP contribution is 2.39. The SMILES string of the molecule is CC(C)(c1ccc(Cl)c(Cl)c1)c1cnc(SCC2CCN(S(C)(=O)=O)CC2)n1-c1ccc(F)c(Cl)c1. The molecule has 2 heterocycles. The van der Waals surface area contributed by atoms with Gasteiger partial charge in [0.15, 0.2) is 5.16 Å². The van der Waals surface area contributed by atoms with Crippen molar-refractivity contribution in [2.24, 2.45) is 5.92 Å². The van der Waals surface area contributed by atoms with Crippen LogP contribution in [0, 0.1) is 11.7 Å². The van der Waals surface area contributed by atoms with Crippen molar-refractivity contribution < 1.29 is 12.8 Å². The van der Waals surface area contributed by atoms with Crippen LogP contribution in [0.25, 0.3) is 5.69 Å². The number of imidazole rings is 1. The second kappa shape index (κ2) is 10.8. The van der Waals surface area contributed by atoms with Crippen LogP contribution in [0.15, 0.2) is 47.8 Å². The van der Waals surface area contributed by atoms with Gasteiger partial charge in [0.2, 0.25) is 10.0 Å². The average molecular weight is 591 g/mol. The number of nitrogens with zero attached hydrogens (tertiary/aromatic N) is 3. The van der Waals surface area contributed by atoms with Crippen molar-refractivity contribution in [2.75, 3.05) is 25.1 Å². The minimum atomic E-state index is -3.16. The molecule has 0 aliphatic carbocycles. The molecule has 36 heavy (non-hydrogen) atoms. The zero-order chi connectivity index (χ0) is 26.3.